The van der Waals surface area contributed by atoms with E-state index in [-0.39, 0.29) is 18.5 Å². The third-order valence-corrected chi connectivity index (χ3v) is 13.5. The van der Waals surface area contributed by atoms with Crippen LogP contribution in [-0.2, 0) is 14.3 Å². The highest BCUT2D eigenvalue weighted by molar-refractivity contribution is 5.76. The van der Waals surface area contributed by atoms with Crippen molar-refractivity contribution < 1.29 is 24.5 Å². The molecule has 0 aliphatic heterocycles. The van der Waals surface area contributed by atoms with Crippen molar-refractivity contribution in [3.63, 3.8) is 0 Å². The van der Waals surface area contributed by atoms with Gasteiger partial charge in [0, 0.05) is 12.8 Å². The summed E-state index contributed by atoms with van der Waals surface area (Å²) >= 11 is 0. The first-order chi connectivity index (χ1) is 32.0. The Morgan fingerprint density at radius 3 is 1.17 bits per heavy atom. The average molecular weight is 917 g/mol. The summed E-state index contributed by atoms with van der Waals surface area (Å²) in [6.45, 7) is 4.84. The monoisotopic (exact) mass is 916 g/mol. The highest BCUT2D eigenvalue weighted by atomic mass is 16.5. The molecule has 0 bridgehead atoms. The number of unbranched alkanes of at least 4 members (excludes halogenated alkanes) is 39. The zero-order chi connectivity index (χ0) is 47.2. The molecule has 0 aliphatic carbocycles. The predicted octanol–water partition coefficient (Wildman–Crippen LogP) is 17.9. The molecule has 0 heterocycles. The number of ether oxygens (including phenoxy) is 1. The lowest BCUT2D eigenvalue weighted by atomic mass is 10.0. The van der Waals surface area contributed by atoms with Crippen LogP contribution in [0.25, 0.3) is 0 Å². The van der Waals surface area contributed by atoms with E-state index in [1.807, 2.05) is 0 Å². The van der Waals surface area contributed by atoms with Crippen LogP contribution < -0.4 is 5.32 Å². The highest BCUT2D eigenvalue weighted by Crippen LogP contribution is 2.17. The summed E-state index contributed by atoms with van der Waals surface area (Å²) in [6, 6.07) is -0.543. The Hall–Kier alpha value is -1.66. The fourth-order valence-electron chi connectivity index (χ4n) is 9.07. The van der Waals surface area contributed by atoms with Gasteiger partial charge in [0.1, 0.15) is 0 Å². The van der Waals surface area contributed by atoms with Gasteiger partial charge in [-0.2, -0.15) is 0 Å². The first-order valence-electron chi connectivity index (χ1n) is 29.1. The van der Waals surface area contributed by atoms with E-state index in [0.717, 1.165) is 51.4 Å². The van der Waals surface area contributed by atoms with E-state index in [9.17, 15) is 19.8 Å². The van der Waals surface area contributed by atoms with Crippen LogP contribution in [0.2, 0.25) is 0 Å². The first-order valence-corrected chi connectivity index (χ1v) is 29.1. The molecule has 384 valence electrons. The second kappa shape index (κ2) is 54.9. The zero-order valence-electron chi connectivity index (χ0n) is 43.7. The SMILES string of the molecule is CCCCCCCCCCCCCCCCCCCC(=O)OCC/C=C\C/C=C\CCCCCCCCCCCCCCCCC(=O)NC(CO)C(O)CCCCCCCCCCCC. The van der Waals surface area contributed by atoms with Crippen molar-refractivity contribution in [2.24, 2.45) is 0 Å². The molecule has 3 N–H and O–H groups in total. The number of amides is 1. The van der Waals surface area contributed by atoms with E-state index in [1.54, 1.807) is 0 Å². The van der Waals surface area contributed by atoms with Gasteiger partial charge in [-0.1, -0.05) is 282 Å². The second-order valence-electron chi connectivity index (χ2n) is 20.0. The number of hydrogen-bond donors (Lipinski definition) is 3. The number of rotatable bonds is 54. The molecule has 0 rings (SSSR count). The molecule has 0 aromatic rings. The van der Waals surface area contributed by atoms with Crippen LogP contribution in [0, 0.1) is 0 Å². The number of aliphatic hydroxyl groups is 2. The predicted molar refractivity (Wildman–Crippen MR) is 283 cm³/mol. The lowest BCUT2D eigenvalue weighted by Gasteiger charge is -2.22. The van der Waals surface area contributed by atoms with E-state index in [4.69, 9.17) is 4.74 Å². The minimum absolute atomic E-state index is 0.0312. The quantitative estimate of drug-likeness (QED) is 0.0321. The van der Waals surface area contributed by atoms with Crippen LogP contribution in [0.4, 0.5) is 0 Å². The Balaban J connectivity index is 3.41. The summed E-state index contributed by atoms with van der Waals surface area (Å²) in [5.41, 5.74) is 0. The number of nitrogens with one attached hydrogen (secondary N) is 1. The first kappa shape index (κ1) is 63.3. The van der Waals surface area contributed by atoms with Crippen LogP contribution in [0.15, 0.2) is 24.3 Å². The lowest BCUT2D eigenvalue weighted by Crippen LogP contribution is -2.45. The molecule has 0 aromatic heterocycles. The summed E-state index contributed by atoms with van der Waals surface area (Å²) in [6.07, 6.45) is 66.3. The zero-order valence-corrected chi connectivity index (χ0v) is 43.7. The molecule has 0 fully saturated rings. The number of aliphatic hydroxyl groups excluding tert-OH is 2. The Morgan fingerprint density at radius 1 is 0.431 bits per heavy atom. The van der Waals surface area contributed by atoms with Gasteiger partial charge in [-0.15, -0.1) is 0 Å². The number of esters is 1. The molecule has 2 unspecified atom stereocenters. The maximum atomic E-state index is 12.4. The van der Waals surface area contributed by atoms with Gasteiger partial charge in [0.15, 0.2) is 0 Å². The standard InChI is InChI=1S/C59H113NO5/c1-3-5-7-9-11-13-15-16-17-23-27-30-33-37-41-45-49-53-59(64)65-54-50-46-42-38-34-31-28-25-22-20-18-19-21-24-26-29-32-36-40-44-48-52-58(63)60-56(55-61)57(62)51-47-43-39-35-14-12-10-8-6-4-2/h31,34,42,46,56-57,61-62H,3-30,32-33,35-41,43-45,47-55H2,1-2H3,(H,60,63)/b34-31-,46-42-. The third kappa shape index (κ3) is 51.6. The Labute approximate surface area is 405 Å². The average Bonchev–Trinajstić information content (AvgIpc) is 3.31. The molecule has 65 heavy (non-hydrogen) atoms. The van der Waals surface area contributed by atoms with E-state index < -0.39 is 12.1 Å². The Bertz CT molecular complexity index is 1010. The number of carbonyl (C=O) groups excluding carboxylic acids is 2. The molecular formula is C59H113NO5. The van der Waals surface area contributed by atoms with Gasteiger partial charge in [-0.3, -0.25) is 9.59 Å². The molecule has 0 aromatic carbocycles. The van der Waals surface area contributed by atoms with Gasteiger partial charge in [-0.05, 0) is 44.9 Å². The molecule has 0 radical (unpaired) electrons. The topological polar surface area (TPSA) is 95.9 Å². The van der Waals surface area contributed by atoms with E-state index in [0.29, 0.717) is 25.9 Å². The molecule has 6 nitrogen and oxygen atoms in total. The summed E-state index contributed by atoms with van der Waals surface area (Å²) in [7, 11) is 0. The summed E-state index contributed by atoms with van der Waals surface area (Å²) in [5, 5.41) is 23.1. The fourth-order valence-corrected chi connectivity index (χ4v) is 9.07. The summed E-state index contributed by atoms with van der Waals surface area (Å²) < 4.78 is 5.43. The largest absolute Gasteiger partial charge is 0.465 e. The smallest absolute Gasteiger partial charge is 0.305 e. The van der Waals surface area contributed by atoms with Crippen molar-refractivity contribution in [1.29, 1.82) is 0 Å². The minimum atomic E-state index is -0.665. The minimum Gasteiger partial charge on any atom is -0.465 e. The van der Waals surface area contributed by atoms with Gasteiger partial charge in [0.05, 0.1) is 25.4 Å². The molecule has 0 spiro atoms. The molecule has 0 aliphatic rings. The molecule has 0 saturated carbocycles. The Kier molecular flexibility index (Phi) is 53.5. The molecule has 6 heteroatoms. The van der Waals surface area contributed by atoms with Crippen molar-refractivity contribution >= 4 is 11.9 Å². The molecule has 0 saturated heterocycles. The summed E-state index contributed by atoms with van der Waals surface area (Å²) in [5.74, 6) is -0.0720. The van der Waals surface area contributed by atoms with Crippen molar-refractivity contribution in [3.05, 3.63) is 24.3 Å². The van der Waals surface area contributed by atoms with Gasteiger partial charge in [0.2, 0.25) is 5.91 Å². The number of hydrogen-bond acceptors (Lipinski definition) is 5. The van der Waals surface area contributed by atoms with E-state index in [2.05, 4.69) is 43.5 Å². The van der Waals surface area contributed by atoms with Crippen LogP contribution in [-0.4, -0.2) is 47.4 Å². The molecule has 2 atom stereocenters. The van der Waals surface area contributed by atoms with Crippen molar-refractivity contribution in [3.8, 4) is 0 Å². The van der Waals surface area contributed by atoms with Crippen molar-refractivity contribution in [1.82, 2.24) is 5.32 Å². The van der Waals surface area contributed by atoms with Crippen LogP contribution in [0.5, 0.6) is 0 Å². The third-order valence-electron chi connectivity index (χ3n) is 13.5. The van der Waals surface area contributed by atoms with Crippen molar-refractivity contribution in [2.75, 3.05) is 13.2 Å². The Morgan fingerprint density at radius 2 is 0.769 bits per heavy atom. The normalized spacial score (nSPS) is 12.7. The van der Waals surface area contributed by atoms with Gasteiger partial charge in [0.25, 0.3) is 0 Å². The lowest BCUT2D eigenvalue weighted by molar-refractivity contribution is -0.143. The van der Waals surface area contributed by atoms with E-state index in [1.165, 1.54) is 231 Å². The van der Waals surface area contributed by atoms with Gasteiger partial charge >= 0.3 is 5.97 Å². The van der Waals surface area contributed by atoms with Gasteiger partial charge in [-0.25, -0.2) is 0 Å². The second-order valence-corrected chi connectivity index (χ2v) is 20.0. The van der Waals surface area contributed by atoms with Gasteiger partial charge < -0.3 is 20.3 Å². The highest BCUT2D eigenvalue weighted by Gasteiger charge is 2.20. The summed E-state index contributed by atoms with van der Waals surface area (Å²) in [4.78, 5) is 24.5. The van der Waals surface area contributed by atoms with Crippen LogP contribution in [0.3, 0.4) is 0 Å². The van der Waals surface area contributed by atoms with Crippen LogP contribution >= 0.6 is 0 Å². The van der Waals surface area contributed by atoms with Crippen molar-refractivity contribution in [2.45, 2.75) is 328 Å². The fraction of sp³-hybridized carbons (Fsp3) is 0.898. The maximum Gasteiger partial charge on any atom is 0.305 e. The maximum absolute atomic E-state index is 12.4. The molecular weight excluding hydrogens is 803 g/mol. The van der Waals surface area contributed by atoms with Crippen LogP contribution in [0.1, 0.15) is 316 Å². The van der Waals surface area contributed by atoms with E-state index >= 15 is 0 Å². The number of allylic oxidation sites excluding steroid dienone is 3. The number of carbonyl (C=O) groups is 2. The molecule has 1 amide bonds.